The summed E-state index contributed by atoms with van der Waals surface area (Å²) in [5, 5.41) is 12.6. The van der Waals surface area contributed by atoms with Crippen LogP contribution in [0.2, 0.25) is 0 Å². The standard InChI is InChI=1S/C18H25N3O3/c1-3-12(2)16-17(23)19-14-6-4-5-7-15(14)21(16)18(24)20-10-8-13(22)9-11-20/h4-7,12-13,16,22H,3,8-11H2,1-2H3,(H,19,23)/t12-,16-/m0/s1. The van der Waals surface area contributed by atoms with Crippen molar-refractivity contribution >= 4 is 23.3 Å². The number of hydrogen-bond acceptors (Lipinski definition) is 3. The molecule has 0 radical (unpaired) electrons. The van der Waals surface area contributed by atoms with Crippen LogP contribution in [0, 0.1) is 5.92 Å². The van der Waals surface area contributed by atoms with Crippen LogP contribution < -0.4 is 10.2 Å². The lowest BCUT2D eigenvalue weighted by Crippen LogP contribution is -2.58. The van der Waals surface area contributed by atoms with Gasteiger partial charge in [0.05, 0.1) is 17.5 Å². The summed E-state index contributed by atoms with van der Waals surface area (Å²) in [5.41, 5.74) is 1.42. The number of rotatable bonds is 2. The molecule has 1 aromatic carbocycles. The fourth-order valence-corrected chi connectivity index (χ4v) is 3.43. The van der Waals surface area contributed by atoms with Crippen LogP contribution in [-0.2, 0) is 4.79 Å². The number of nitrogens with one attached hydrogen (secondary N) is 1. The predicted molar refractivity (Wildman–Crippen MR) is 93.0 cm³/mol. The smallest absolute Gasteiger partial charge is 0.325 e. The number of fused-ring (bicyclic) bond motifs is 1. The Labute approximate surface area is 142 Å². The van der Waals surface area contributed by atoms with Crippen molar-refractivity contribution in [2.45, 2.75) is 45.3 Å². The second-order valence-electron chi connectivity index (χ2n) is 6.71. The molecule has 2 aliphatic heterocycles. The van der Waals surface area contributed by atoms with Crippen LogP contribution in [0.25, 0.3) is 0 Å². The number of urea groups is 1. The van der Waals surface area contributed by atoms with Crippen LogP contribution >= 0.6 is 0 Å². The normalized spacial score (nSPS) is 22.8. The molecule has 2 heterocycles. The van der Waals surface area contributed by atoms with Gasteiger partial charge in [-0.05, 0) is 30.9 Å². The molecule has 2 aliphatic rings. The number of piperidine rings is 1. The lowest BCUT2D eigenvalue weighted by Gasteiger charge is -2.42. The predicted octanol–water partition coefficient (Wildman–Crippen LogP) is 2.44. The molecule has 3 amide bonds. The van der Waals surface area contributed by atoms with Gasteiger partial charge in [0.15, 0.2) is 0 Å². The van der Waals surface area contributed by atoms with E-state index in [9.17, 15) is 14.7 Å². The van der Waals surface area contributed by atoms with E-state index in [0.717, 1.165) is 12.1 Å². The maximum atomic E-state index is 13.2. The maximum absolute atomic E-state index is 13.2. The van der Waals surface area contributed by atoms with Gasteiger partial charge in [-0.2, -0.15) is 0 Å². The molecule has 0 aliphatic carbocycles. The van der Waals surface area contributed by atoms with E-state index in [-0.39, 0.29) is 24.0 Å². The third kappa shape index (κ3) is 2.98. The molecule has 1 aromatic rings. The third-order valence-electron chi connectivity index (χ3n) is 5.09. The molecule has 1 saturated heterocycles. The minimum Gasteiger partial charge on any atom is -0.393 e. The fraction of sp³-hybridized carbons (Fsp3) is 0.556. The number of amides is 3. The molecule has 6 heteroatoms. The first-order chi connectivity index (χ1) is 11.5. The summed E-state index contributed by atoms with van der Waals surface area (Å²) in [7, 11) is 0. The fourth-order valence-electron chi connectivity index (χ4n) is 3.43. The first-order valence-electron chi connectivity index (χ1n) is 8.69. The van der Waals surface area contributed by atoms with Crippen molar-refractivity contribution < 1.29 is 14.7 Å². The molecule has 0 aromatic heterocycles. The number of carbonyl (C=O) groups excluding carboxylic acids is 2. The van der Waals surface area contributed by atoms with Gasteiger partial charge in [-0.15, -0.1) is 0 Å². The van der Waals surface area contributed by atoms with Crippen molar-refractivity contribution in [3.05, 3.63) is 24.3 Å². The number of carbonyl (C=O) groups is 2. The molecule has 6 nitrogen and oxygen atoms in total. The van der Waals surface area contributed by atoms with Gasteiger partial charge in [-0.25, -0.2) is 4.79 Å². The van der Waals surface area contributed by atoms with Crippen molar-refractivity contribution in [2.75, 3.05) is 23.3 Å². The van der Waals surface area contributed by atoms with Crippen LogP contribution in [0.3, 0.4) is 0 Å². The second kappa shape index (κ2) is 6.81. The molecule has 2 atom stereocenters. The Hall–Kier alpha value is -2.08. The molecule has 1 fully saturated rings. The highest BCUT2D eigenvalue weighted by atomic mass is 16.3. The highest BCUT2D eigenvalue weighted by Crippen LogP contribution is 2.35. The number of hydrogen-bond donors (Lipinski definition) is 2. The number of anilines is 2. The number of benzene rings is 1. The summed E-state index contributed by atoms with van der Waals surface area (Å²) in [6.07, 6.45) is 1.64. The highest BCUT2D eigenvalue weighted by molar-refractivity contribution is 6.11. The van der Waals surface area contributed by atoms with Crippen molar-refractivity contribution in [1.29, 1.82) is 0 Å². The zero-order valence-electron chi connectivity index (χ0n) is 14.2. The van der Waals surface area contributed by atoms with Crippen molar-refractivity contribution in [1.82, 2.24) is 4.90 Å². The summed E-state index contributed by atoms with van der Waals surface area (Å²) in [6, 6.07) is 6.77. The van der Waals surface area contributed by atoms with E-state index < -0.39 is 6.04 Å². The molecule has 130 valence electrons. The average Bonchev–Trinajstić information content (AvgIpc) is 2.60. The van der Waals surface area contributed by atoms with Gasteiger partial charge in [0.25, 0.3) is 0 Å². The largest absolute Gasteiger partial charge is 0.393 e. The number of nitrogens with zero attached hydrogens (tertiary/aromatic N) is 2. The monoisotopic (exact) mass is 331 g/mol. The van der Waals surface area contributed by atoms with E-state index in [4.69, 9.17) is 0 Å². The lowest BCUT2D eigenvalue weighted by molar-refractivity contribution is -0.118. The summed E-state index contributed by atoms with van der Waals surface area (Å²) in [6.45, 7) is 5.07. The van der Waals surface area contributed by atoms with E-state index in [1.54, 1.807) is 9.80 Å². The van der Waals surface area contributed by atoms with Gasteiger partial charge in [0, 0.05) is 13.1 Å². The summed E-state index contributed by atoms with van der Waals surface area (Å²) in [4.78, 5) is 29.2. The van der Waals surface area contributed by atoms with Gasteiger partial charge in [0.1, 0.15) is 6.04 Å². The van der Waals surface area contributed by atoms with Crippen LogP contribution in [0.4, 0.5) is 16.2 Å². The summed E-state index contributed by atoms with van der Waals surface area (Å²) < 4.78 is 0. The van der Waals surface area contributed by atoms with Crippen molar-refractivity contribution in [2.24, 2.45) is 5.92 Å². The van der Waals surface area contributed by atoms with E-state index in [1.165, 1.54) is 0 Å². The lowest BCUT2D eigenvalue weighted by atomic mass is 9.94. The SMILES string of the molecule is CC[C@H](C)[C@H]1C(=O)Nc2ccccc2N1C(=O)N1CCC(O)CC1. The van der Waals surface area contributed by atoms with E-state index in [2.05, 4.69) is 5.32 Å². The topological polar surface area (TPSA) is 72.9 Å². The Morgan fingerprint density at radius 3 is 2.67 bits per heavy atom. The quantitative estimate of drug-likeness (QED) is 0.874. The molecular formula is C18H25N3O3. The third-order valence-corrected chi connectivity index (χ3v) is 5.09. The van der Waals surface area contributed by atoms with Crippen molar-refractivity contribution in [3.8, 4) is 0 Å². The maximum Gasteiger partial charge on any atom is 0.325 e. The zero-order chi connectivity index (χ0) is 17.3. The Morgan fingerprint density at radius 2 is 2.00 bits per heavy atom. The summed E-state index contributed by atoms with van der Waals surface area (Å²) in [5.74, 6) is -0.0777. The van der Waals surface area contributed by atoms with Crippen molar-refractivity contribution in [3.63, 3.8) is 0 Å². The van der Waals surface area contributed by atoms with Crippen LogP contribution in [0.1, 0.15) is 33.1 Å². The molecule has 2 N–H and O–H groups in total. The summed E-state index contributed by atoms with van der Waals surface area (Å²) >= 11 is 0. The van der Waals surface area contributed by atoms with Crippen LogP contribution in [0.5, 0.6) is 0 Å². The second-order valence-corrected chi connectivity index (χ2v) is 6.71. The number of para-hydroxylation sites is 2. The van der Waals surface area contributed by atoms with Gasteiger partial charge in [-0.3, -0.25) is 9.69 Å². The van der Waals surface area contributed by atoms with Gasteiger partial charge in [0.2, 0.25) is 5.91 Å². The van der Waals surface area contributed by atoms with E-state index in [1.807, 2.05) is 38.1 Å². The Balaban J connectivity index is 1.96. The first-order valence-corrected chi connectivity index (χ1v) is 8.69. The molecule has 0 spiro atoms. The van der Waals surface area contributed by atoms with Gasteiger partial charge in [-0.1, -0.05) is 32.4 Å². The molecule has 3 rings (SSSR count). The van der Waals surface area contributed by atoms with E-state index >= 15 is 0 Å². The van der Waals surface area contributed by atoms with Crippen LogP contribution in [0.15, 0.2) is 24.3 Å². The number of likely N-dealkylation sites (tertiary alicyclic amines) is 1. The zero-order valence-corrected chi connectivity index (χ0v) is 14.2. The number of aliphatic hydroxyl groups excluding tert-OH is 1. The molecule has 0 bridgehead atoms. The number of aliphatic hydroxyl groups is 1. The molecular weight excluding hydrogens is 306 g/mol. The van der Waals surface area contributed by atoms with Crippen LogP contribution in [-0.4, -0.2) is 47.2 Å². The highest BCUT2D eigenvalue weighted by Gasteiger charge is 2.41. The molecule has 24 heavy (non-hydrogen) atoms. The Morgan fingerprint density at radius 1 is 1.33 bits per heavy atom. The first kappa shape index (κ1) is 16.8. The van der Waals surface area contributed by atoms with Gasteiger partial charge < -0.3 is 15.3 Å². The van der Waals surface area contributed by atoms with Gasteiger partial charge >= 0.3 is 6.03 Å². The van der Waals surface area contributed by atoms with E-state index in [0.29, 0.717) is 31.6 Å². The Kier molecular flexibility index (Phi) is 4.76. The average molecular weight is 331 g/mol. The minimum atomic E-state index is -0.510. The minimum absolute atomic E-state index is 0.0534. The Bertz CT molecular complexity index is 626. The molecule has 0 saturated carbocycles. The molecule has 0 unspecified atom stereocenters.